The van der Waals surface area contributed by atoms with Crippen LogP contribution in [-0.4, -0.2) is 33.2 Å². The van der Waals surface area contributed by atoms with Crippen molar-refractivity contribution in [3.63, 3.8) is 0 Å². The summed E-state index contributed by atoms with van der Waals surface area (Å²) in [7, 11) is 0. The molecule has 3 aromatic rings. The van der Waals surface area contributed by atoms with Gasteiger partial charge in [0.1, 0.15) is 24.5 Å². The second-order valence-corrected chi connectivity index (χ2v) is 6.73. The van der Waals surface area contributed by atoms with E-state index in [1.54, 1.807) is 0 Å². The predicted octanol–water partition coefficient (Wildman–Crippen LogP) is 2.56. The Labute approximate surface area is 154 Å². The topological polar surface area (TPSA) is 83.0 Å². The molecule has 0 saturated carbocycles. The van der Waals surface area contributed by atoms with Crippen LogP contribution in [0.4, 0.5) is 4.39 Å². The zero-order valence-corrected chi connectivity index (χ0v) is 14.3. The highest BCUT2D eigenvalue weighted by Gasteiger charge is 2.39. The molecular formula is C20H16FN5O. The van der Waals surface area contributed by atoms with E-state index in [9.17, 15) is 9.18 Å². The summed E-state index contributed by atoms with van der Waals surface area (Å²) in [6.07, 6.45) is 1.46. The van der Waals surface area contributed by atoms with Crippen LogP contribution in [-0.2, 0) is 6.54 Å². The predicted molar refractivity (Wildman–Crippen MR) is 97.3 cm³/mol. The van der Waals surface area contributed by atoms with Gasteiger partial charge < -0.3 is 5.32 Å². The SMILES string of the molecule is O=C1CN=C2c3c(cc(F)cc31)CNC(c1ccccc1)C2c1ncn[nH]1. The summed E-state index contributed by atoms with van der Waals surface area (Å²) < 4.78 is 14.1. The third-order valence-corrected chi connectivity index (χ3v) is 5.16. The maximum absolute atomic E-state index is 14.1. The van der Waals surface area contributed by atoms with Crippen LogP contribution >= 0.6 is 0 Å². The number of hydrogen-bond acceptors (Lipinski definition) is 5. The first-order valence-electron chi connectivity index (χ1n) is 8.76. The molecule has 2 N–H and O–H groups in total. The minimum absolute atomic E-state index is 0.0113. The number of aromatic amines is 1. The molecule has 1 aromatic heterocycles. The minimum atomic E-state index is -0.408. The van der Waals surface area contributed by atoms with Crippen molar-refractivity contribution < 1.29 is 9.18 Å². The van der Waals surface area contributed by atoms with Crippen LogP contribution in [0.2, 0.25) is 0 Å². The molecule has 0 fully saturated rings. The van der Waals surface area contributed by atoms with Gasteiger partial charge in [-0.25, -0.2) is 9.37 Å². The van der Waals surface area contributed by atoms with Crippen LogP contribution in [0.25, 0.3) is 0 Å². The Morgan fingerprint density at radius 1 is 1.15 bits per heavy atom. The molecule has 0 aliphatic carbocycles. The molecule has 2 aromatic carbocycles. The van der Waals surface area contributed by atoms with Gasteiger partial charge in [-0.2, -0.15) is 5.10 Å². The van der Waals surface area contributed by atoms with E-state index in [1.807, 2.05) is 30.3 Å². The number of carbonyl (C=O) groups is 1. The van der Waals surface area contributed by atoms with Crippen molar-refractivity contribution in [2.24, 2.45) is 4.99 Å². The molecule has 2 unspecified atom stereocenters. The van der Waals surface area contributed by atoms with Gasteiger partial charge in [0.2, 0.25) is 0 Å². The van der Waals surface area contributed by atoms with Crippen LogP contribution in [0.15, 0.2) is 53.8 Å². The highest BCUT2D eigenvalue weighted by atomic mass is 19.1. The van der Waals surface area contributed by atoms with E-state index in [0.29, 0.717) is 17.9 Å². The number of nitrogens with one attached hydrogen (secondary N) is 2. The number of H-pyrrole nitrogens is 1. The van der Waals surface area contributed by atoms with Crippen molar-refractivity contribution in [2.45, 2.75) is 18.5 Å². The van der Waals surface area contributed by atoms with Gasteiger partial charge >= 0.3 is 0 Å². The van der Waals surface area contributed by atoms with Crippen LogP contribution in [0.3, 0.4) is 0 Å². The fourth-order valence-corrected chi connectivity index (χ4v) is 4.02. The van der Waals surface area contributed by atoms with Crippen LogP contribution in [0, 0.1) is 5.82 Å². The van der Waals surface area contributed by atoms with Crippen molar-refractivity contribution >= 4 is 11.5 Å². The largest absolute Gasteiger partial charge is 0.305 e. The Bertz CT molecular complexity index is 1050. The molecule has 2 aliphatic heterocycles. The third kappa shape index (κ3) is 2.59. The summed E-state index contributed by atoms with van der Waals surface area (Å²) in [6.45, 7) is 0.438. The van der Waals surface area contributed by atoms with Crippen LogP contribution in [0.5, 0.6) is 0 Å². The number of halogens is 1. The van der Waals surface area contributed by atoms with Gasteiger partial charge in [-0.1, -0.05) is 30.3 Å². The lowest BCUT2D eigenvalue weighted by Gasteiger charge is -2.27. The standard InChI is InChI=1S/C20H16FN5O/c21-13-6-12-8-22-18(11-4-2-1-3-5-11)17(20-24-10-25-26-20)19-16(12)14(7-13)15(27)9-23-19/h1-7,10,17-18,22H,8-9H2,(H,24,25,26). The van der Waals surface area contributed by atoms with Gasteiger partial charge in [-0.3, -0.25) is 14.9 Å². The fourth-order valence-electron chi connectivity index (χ4n) is 4.02. The average molecular weight is 361 g/mol. The first-order valence-corrected chi connectivity index (χ1v) is 8.76. The van der Waals surface area contributed by atoms with Gasteiger partial charge in [0.15, 0.2) is 5.78 Å². The molecule has 0 spiro atoms. The van der Waals surface area contributed by atoms with E-state index >= 15 is 0 Å². The Kier molecular flexibility index (Phi) is 3.68. The van der Waals surface area contributed by atoms with E-state index in [4.69, 9.17) is 0 Å². The molecule has 0 saturated heterocycles. The van der Waals surface area contributed by atoms with Gasteiger partial charge in [-0.05, 0) is 23.3 Å². The number of rotatable bonds is 2. The molecule has 5 rings (SSSR count). The molecule has 0 bridgehead atoms. The second kappa shape index (κ2) is 6.21. The number of aliphatic imine (C=N–C) groups is 1. The lowest BCUT2D eigenvalue weighted by Crippen LogP contribution is -2.31. The second-order valence-electron chi connectivity index (χ2n) is 6.73. The van der Waals surface area contributed by atoms with Gasteiger partial charge in [-0.15, -0.1) is 0 Å². The number of hydrogen-bond donors (Lipinski definition) is 2. The van der Waals surface area contributed by atoms with Crippen LogP contribution in [0.1, 0.15) is 44.8 Å². The molecule has 0 amide bonds. The quantitative estimate of drug-likeness (QED) is 0.735. The highest BCUT2D eigenvalue weighted by Crippen LogP contribution is 2.39. The molecule has 6 nitrogen and oxygen atoms in total. The molecular weight excluding hydrogens is 345 g/mol. The number of carbonyl (C=O) groups excluding carboxylic acids is 1. The number of aromatic nitrogens is 3. The summed E-state index contributed by atoms with van der Waals surface area (Å²) in [6, 6.07) is 12.6. The van der Waals surface area contributed by atoms with Crippen molar-refractivity contribution in [1.82, 2.24) is 20.5 Å². The molecule has 0 radical (unpaired) electrons. The van der Waals surface area contributed by atoms with E-state index in [0.717, 1.165) is 22.4 Å². The normalized spacial score (nSPS) is 21.4. The summed E-state index contributed by atoms with van der Waals surface area (Å²) in [4.78, 5) is 21.4. The maximum atomic E-state index is 14.1. The Morgan fingerprint density at radius 3 is 2.78 bits per heavy atom. The van der Waals surface area contributed by atoms with Crippen molar-refractivity contribution in [2.75, 3.05) is 6.54 Å². The molecule has 7 heteroatoms. The fraction of sp³-hybridized carbons (Fsp3) is 0.200. The third-order valence-electron chi connectivity index (χ3n) is 5.16. The number of Topliss-reactive ketones (excluding diaryl/α,β-unsaturated/α-hetero) is 1. The zero-order chi connectivity index (χ0) is 18.4. The van der Waals surface area contributed by atoms with E-state index < -0.39 is 5.82 Å². The number of nitrogens with zero attached hydrogens (tertiary/aromatic N) is 3. The lowest BCUT2D eigenvalue weighted by molar-refractivity contribution is 0.0999. The van der Waals surface area contributed by atoms with Crippen LogP contribution < -0.4 is 5.32 Å². The Balaban J connectivity index is 1.75. The molecule has 2 atom stereocenters. The maximum Gasteiger partial charge on any atom is 0.184 e. The van der Waals surface area contributed by atoms with E-state index in [2.05, 4.69) is 25.5 Å². The summed E-state index contributed by atoms with van der Waals surface area (Å²) in [5.74, 6) is -0.181. The average Bonchev–Trinajstić information content (AvgIpc) is 3.16. The summed E-state index contributed by atoms with van der Waals surface area (Å²) >= 11 is 0. The molecule has 134 valence electrons. The zero-order valence-electron chi connectivity index (χ0n) is 14.3. The summed E-state index contributed by atoms with van der Waals surface area (Å²) in [5, 5.41) is 10.5. The van der Waals surface area contributed by atoms with E-state index in [1.165, 1.54) is 18.5 Å². The minimum Gasteiger partial charge on any atom is -0.305 e. The van der Waals surface area contributed by atoms with Crippen molar-refractivity contribution in [3.05, 3.63) is 82.7 Å². The lowest BCUT2D eigenvalue weighted by atomic mass is 9.82. The number of ketones is 1. The molecule has 3 heterocycles. The Hall–Kier alpha value is -3.19. The van der Waals surface area contributed by atoms with Gasteiger partial charge in [0.25, 0.3) is 0 Å². The van der Waals surface area contributed by atoms with Gasteiger partial charge in [0.05, 0.1) is 11.6 Å². The first-order chi connectivity index (χ1) is 13.2. The van der Waals surface area contributed by atoms with Crippen molar-refractivity contribution in [1.29, 1.82) is 0 Å². The van der Waals surface area contributed by atoms with Crippen molar-refractivity contribution in [3.8, 4) is 0 Å². The first kappa shape index (κ1) is 16.0. The van der Waals surface area contributed by atoms with E-state index in [-0.39, 0.29) is 24.3 Å². The number of benzene rings is 2. The van der Waals surface area contributed by atoms with Gasteiger partial charge in [0, 0.05) is 23.7 Å². The highest BCUT2D eigenvalue weighted by molar-refractivity contribution is 6.18. The summed E-state index contributed by atoms with van der Waals surface area (Å²) in [5.41, 5.74) is 3.67. The smallest absolute Gasteiger partial charge is 0.184 e. The Morgan fingerprint density at radius 2 is 2.00 bits per heavy atom. The molecule has 2 aliphatic rings. The monoisotopic (exact) mass is 361 g/mol. The molecule has 27 heavy (non-hydrogen) atoms.